The van der Waals surface area contributed by atoms with Crippen LogP contribution in [0.3, 0.4) is 0 Å². The largest absolute Gasteiger partial charge is 0.418 e. The second-order valence-corrected chi connectivity index (χ2v) is 10.5. The Morgan fingerprint density at radius 1 is 1.03 bits per heavy atom. The van der Waals surface area contributed by atoms with Gasteiger partial charge in [-0.2, -0.15) is 18.3 Å². The molecule has 0 aliphatic heterocycles. The van der Waals surface area contributed by atoms with Crippen LogP contribution in [0, 0.1) is 0 Å². The van der Waals surface area contributed by atoms with Gasteiger partial charge in [-0.3, -0.25) is 0 Å². The fourth-order valence-corrected chi connectivity index (χ4v) is 5.28. The van der Waals surface area contributed by atoms with Gasteiger partial charge in [0.2, 0.25) is 5.89 Å². The molecule has 2 aromatic heterocycles. The molecule has 4 aromatic rings. The van der Waals surface area contributed by atoms with Crippen molar-refractivity contribution >= 4 is 46.6 Å². The van der Waals surface area contributed by atoms with Crippen LogP contribution in [0.4, 0.5) is 13.2 Å². The number of alkyl halides is 3. The monoisotopic (exact) mass is 558 g/mol. The highest BCUT2D eigenvalue weighted by molar-refractivity contribution is 7.99. The van der Waals surface area contributed by atoms with E-state index in [0.29, 0.717) is 37.1 Å². The van der Waals surface area contributed by atoms with Gasteiger partial charge in [0.05, 0.1) is 21.3 Å². The number of rotatable bonds is 6. The van der Waals surface area contributed by atoms with E-state index in [1.165, 1.54) is 11.8 Å². The quantitative estimate of drug-likeness (QED) is 0.223. The van der Waals surface area contributed by atoms with Crippen molar-refractivity contribution in [2.75, 3.05) is 5.75 Å². The molecule has 1 fully saturated rings. The van der Waals surface area contributed by atoms with E-state index >= 15 is 0 Å². The smallest absolute Gasteiger partial charge is 0.403 e. The van der Waals surface area contributed by atoms with Crippen LogP contribution in [0.2, 0.25) is 15.1 Å². The summed E-state index contributed by atoms with van der Waals surface area (Å²) in [5.41, 5.74) is 0.133. The van der Waals surface area contributed by atoms with Gasteiger partial charge in [-0.05, 0) is 48.9 Å². The highest BCUT2D eigenvalue weighted by Gasteiger charge is 2.68. The van der Waals surface area contributed by atoms with Crippen LogP contribution in [-0.4, -0.2) is 31.9 Å². The van der Waals surface area contributed by atoms with Crippen LogP contribution in [0.15, 0.2) is 51.8 Å². The lowest BCUT2D eigenvalue weighted by Gasteiger charge is -2.14. The molecule has 1 aliphatic rings. The molecule has 0 radical (unpaired) electrons. The maximum atomic E-state index is 13.6. The Labute approximate surface area is 217 Å². The van der Waals surface area contributed by atoms with Crippen LogP contribution in [0.25, 0.3) is 28.5 Å². The normalized spacial score (nSPS) is 14.9. The average molecular weight is 560 g/mol. The molecule has 0 bridgehead atoms. The van der Waals surface area contributed by atoms with Crippen molar-refractivity contribution in [2.45, 2.75) is 36.3 Å². The van der Waals surface area contributed by atoms with Crippen LogP contribution in [-0.2, 0) is 5.41 Å². The molecular formula is C23H16Cl3F3N4OS. The lowest BCUT2D eigenvalue weighted by atomic mass is 10.1. The number of hydrogen-bond acceptors (Lipinski definition) is 5. The molecule has 2 aromatic carbocycles. The first-order chi connectivity index (χ1) is 16.6. The van der Waals surface area contributed by atoms with Gasteiger partial charge in [0.15, 0.2) is 5.69 Å². The van der Waals surface area contributed by atoms with E-state index < -0.39 is 17.5 Å². The molecule has 5 nitrogen and oxygen atoms in total. The molecule has 12 heteroatoms. The Hall–Kier alpha value is -2.20. The highest BCUT2D eigenvalue weighted by atomic mass is 35.5. The van der Waals surface area contributed by atoms with E-state index in [0.717, 1.165) is 5.56 Å². The zero-order valence-electron chi connectivity index (χ0n) is 18.0. The third-order valence-corrected chi connectivity index (χ3v) is 7.47. The summed E-state index contributed by atoms with van der Waals surface area (Å²) in [4.78, 5) is 0.660. The Balaban J connectivity index is 1.73. The minimum atomic E-state index is -4.47. The first kappa shape index (κ1) is 24.5. The minimum Gasteiger partial charge on any atom is -0.418 e. The van der Waals surface area contributed by atoms with Crippen LogP contribution in [0.5, 0.6) is 0 Å². The van der Waals surface area contributed by atoms with Gasteiger partial charge >= 0.3 is 6.18 Å². The Kier molecular flexibility index (Phi) is 6.32. The molecule has 0 saturated heterocycles. The topological polar surface area (TPSA) is 56.7 Å². The molecule has 0 N–H and O–H groups in total. The molecule has 1 aliphatic carbocycles. The van der Waals surface area contributed by atoms with E-state index in [1.807, 2.05) is 19.1 Å². The number of thioether (sulfide) groups is 1. The van der Waals surface area contributed by atoms with Crippen LogP contribution < -0.4 is 0 Å². The maximum Gasteiger partial charge on any atom is 0.403 e. The number of nitrogens with zero attached hydrogens (tertiary/aromatic N) is 4. The van der Waals surface area contributed by atoms with Gasteiger partial charge in [0.25, 0.3) is 5.89 Å². The van der Waals surface area contributed by atoms with Crippen molar-refractivity contribution in [2.24, 2.45) is 0 Å². The summed E-state index contributed by atoms with van der Waals surface area (Å²) < 4.78 is 48.1. The third-order valence-electron chi connectivity index (χ3n) is 5.72. The summed E-state index contributed by atoms with van der Waals surface area (Å²) in [7, 11) is 0. The molecule has 0 unspecified atom stereocenters. The van der Waals surface area contributed by atoms with E-state index in [4.69, 9.17) is 44.3 Å². The Bertz CT molecular complexity index is 1400. The van der Waals surface area contributed by atoms with Gasteiger partial charge in [0, 0.05) is 15.6 Å². The number of aromatic nitrogens is 4. The van der Waals surface area contributed by atoms with E-state index in [1.54, 1.807) is 35.0 Å². The van der Waals surface area contributed by atoms with Crippen molar-refractivity contribution in [3.8, 4) is 28.5 Å². The van der Waals surface area contributed by atoms with Crippen LogP contribution >= 0.6 is 46.6 Å². The van der Waals surface area contributed by atoms with Crippen LogP contribution in [0.1, 0.15) is 25.7 Å². The molecule has 0 spiro atoms. The predicted octanol–water partition coefficient (Wildman–Crippen LogP) is 8.26. The standard InChI is InChI=1S/C23H16Cl3F3N4OS/c1-2-35-19-17(20-30-31-21(34-20)22(9-10-22)23(27,28)29)32-33(16-8-7-14(25)11-15(16)26)18(19)12-3-5-13(24)6-4-12/h3-8,11H,2,9-10H2,1H3. The lowest BCUT2D eigenvalue weighted by Crippen LogP contribution is -2.28. The molecular weight excluding hydrogens is 544 g/mol. The van der Waals surface area contributed by atoms with Gasteiger partial charge in [-0.1, -0.05) is 53.9 Å². The Morgan fingerprint density at radius 2 is 1.71 bits per heavy atom. The lowest BCUT2D eigenvalue weighted by molar-refractivity contribution is -0.165. The highest BCUT2D eigenvalue weighted by Crippen LogP contribution is 2.58. The van der Waals surface area contributed by atoms with Gasteiger partial charge < -0.3 is 4.42 Å². The molecule has 1 saturated carbocycles. The van der Waals surface area contributed by atoms with Crippen molar-refractivity contribution in [1.29, 1.82) is 0 Å². The van der Waals surface area contributed by atoms with E-state index in [9.17, 15) is 13.2 Å². The van der Waals surface area contributed by atoms with Crippen molar-refractivity contribution < 1.29 is 17.6 Å². The summed E-state index contributed by atoms with van der Waals surface area (Å²) in [6.07, 6.45) is -4.64. The zero-order valence-corrected chi connectivity index (χ0v) is 21.1. The first-order valence-corrected chi connectivity index (χ1v) is 12.6. The summed E-state index contributed by atoms with van der Waals surface area (Å²) in [6.45, 7) is 1.95. The predicted molar refractivity (Wildman–Crippen MR) is 131 cm³/mol. The Morgan fingerprint density at radius 3 is 2.31 bits per heavy atom. The average Bonchev–Trinajstić information content (AvgIpc) is 3.35. The van der Waals surface area contributed by atoms with E-state index in [2.05, 4.69) is 10.2 Å². The minimum absolute atomic E-state index is 0.0838. The number of benzene rings is 2. The van der Waals surface area contributed by atoms with Gasteiger partial charge in [0.1, 0.15) is 5.41 Å². The number of hydrogen-bond donors (Lipinski definition) is 0. The summed E-state index contributed by atoms with van der Waals surface area (Å²) in [5, 5.41) is 13.8. The molecule has 0 amide bonds. The zero-order chi connectivity index (χ0) is 25.0. The summed E-state index contributed by atoms with van der Waals surface area (Å²) in [5.74, 6) is 0.117. The van der Waals surface area contributed by atoms with Crippen molar-refractivity contribution in [3.05, 3.63) is 63.4 Å². The third kappa shape index (κ3) is 4.33. The fourth-order valence-electron chi connectivity index (χ4n) is 3.77. The van der Waals surface area contributed by atoms with E-state index in [-0.39, 0.29) is 24.4 Å². The van der Waals surface area contributed by atoms with Crippen molar-refractivity contribution in [1.82, 2.24) is 20.0 Å². The molecule has 2 heterocycles. The fraction of sp³-hybridized carbons (Fsp3) is 0.261. The SMILES string of the molecule is CCSc1c(-c2nnc(C3(C(F)(F)F)CC3)o2)nn(-c2ccc(Cl)cc2Cl)c1-c1ccc(Cl)cc1. The van der Waals surface area contributed by atoms with Gasteiger partial charge in [-0.25, -0.2) is 4.68 Å². The molecule has 35 heavy (non-hydrogen) atoms. The summed E-state index contributed by atoms with van der Waals surface area (Å²) in [6, 6.07) is 12.1. The molecule has 0 atom stereocenters. The second-order valence-electron chi connectivity index (χ2n) is 7.97. The molecule has 182 valence electrons. The first-order valence-electron chi connectivity index (χ1n) is 10.5. The van der Waals surface area contributed by atoms with Gasteiger partial charge in [-0.15, -0.1) is 22.0 Å². The molecule has 5 rings (SSSR count). The summed E-state index contributed by atoms with van der Waals surface area (Å²) >= 11 is 20.1. The van der Waals surface area contributed by atoms with Crippen molar-refractivity contribution in [3.63, 3.8) is 0 Å². The maximum absolute atomic E-state index is 13.6. The second kappa shape index (κ2) is 9.03. The number of halogens is 6.